The SMILES string of the molecule is Clc1cccc(NN=Cc2ccc(OCc3ccccc3Cl)cc2)c1. The Labute approximate surface area is 156 Å². The molecule has 0 saturated heterocycles. The second kappa shape index (κ2) is 8.56. The van der Waals surface area contributed by atoms with Gasteiger partial charge in [-0.25, -0.2) is 0 Å². The van der Waals surface area contributed by atoms with Gasteiger partial charge in [-0.1, -0.05) is 47.5 Å². The molecule has 0 aliphatic heterocycles. The number of hydrogen-bond donors (Lipinski definition) is 1. The van der Waals surface area contributed by atoms with Crippen molar-refractivity contribution in [3.8, 4) is 5.75 Å². The fourth-order valence-corrected chi connectivity index (χ4v) is 2.55. The van der Waals surface area contributed by atoms with Crippen LogP contribution in [0.4, 0.5) is 5.69 Å². The van der Waals surface area contributed by atoms with Crippen LogP contribution < -0.4 is 10.2 Å². The van der Waals surface area contributed by atoms with Gasteiger partial charge in [0.25, 0.3) is 0 Å². The molecule has 3 rings (SSSR count). The first-order valence-electron chi connectivity index (χ1n) is 7.71. The number of nitrogens with one attached hydrogen (secondary N) is 1. The summed E-state index contributed by atoms with van der Waals surface area (Å²) in [4.78, 5) is 0. The van der Waals surface area contributed by atoms with Crippen LogP contribution in [0.1, 0.15) is 11.1 Å². The molecule has 0 fully saturated rings. The largest absolute Gasteiger partial charge is 0.489 e. The lowest BCUT2D eigenvalue weighted by atomic mass is 10.2. The number of benzene rings is 3. The molecule has 1 N–H and O–H groups in total. The third-order valence-corrected chi connectivity index (χ3v) is 4.07. The van der Waals surface area contributed by atoms with Crippen molar-refractivity contribution in [2.45, 2.75) is 6.61 Å². The van der Waals surface area contributed by atoms with E-state index in [-0.39, 0.29) is 0 Å². The lowest BCUT2D eigenvalue weighted by Gasteiger charge is -2.07. The highest BCUT2D eigenvalue weighted by molar-refractivity contribution is 6.31. The highest BCUT2D eigenvalue weighted by Crippen LogP contribution is 2.19. The minimum atomic E-state index is 0.434. The molecule has 25 heavy (non-hydrogen) atoms. The fourth-order valence-electron chi connectivity index (χ4n) is 2.17. The van der Waals surface area contributed by atoms with Crippen molar-refractivity contribution in [1.29, 1.82) is 0 Å². The van der Waals surface area contributed by atoms with Crippen LogP contribution in [0.15, 0.2) is 77.9 Å². The summed E-state index contributed by atoms with van der Waals surface area (Å²) in [6, 6.07) is 22.7. The molecule has 0 radical (unpaired) electrons. The molecule has 0 aliphatic rings. The third-order valence-electron chi connectivity index (χ3n) is 3.46. The van der Waals surface area contributed by atoms with Gasteiger partial charge in [0, 0.05) is 15.6 Å². The van der Waals surface area contributed by atoms with E-state index in [0.29, 0.717) is 16.7 Å². The number of hydrazone groups is 1. The molecule has 3 nitrogen and oxygen atoms in total. The summed E-state index contributed by atoms with van der Waals surface area (Å²) in [5, 5.41) is 5.57. The van der Waals surface area contributed by atoms with Crippen molar-refractivity contribution in [2.24, 2.45) is 5.10 Å². The summed E-state index contributed by atoms with van der Waals surface area (Å²) < 4.78 is 5.76. The first-order valence-corrected chi connectivity index (χ1v) is 8.47. The zero-order chi connectivity index (χ0) is 17.5. The lowest BCUT2D eigenvalue weighted by Crippen LogP contribution is -1.96. The van der Waals surface area contributed by atoms with Crippen molar-refractivity contribution in [2.75, 3.05) is 5.43 Å². The van der Waals surface area contributed by atoms with E-state index in [1.54, 1.807) is 6.21 Å². The smallest absolute Gasteiger partial charge is 0.119 e. The summed E-state index contributed by atoms with van der Waals surface area (Å²) in [6.07, 6.45) is 1.73. The number of anilines is 1. The molecule has 5 heteroatoms. The molecule has 3 aromatic rings. The van der Waals surface area contributed by atoms with E-state index in [4.69, 9.17) is 27.9 Å². The quantitative estimate of drug-likeness (QED) is 0.425. The van der Waals surface area contributed by atoms with E-state index in [1.165, 1.54) is 0 Å². The van der Waals surface area contributed by atoms with Gasteiger partial charge >= 0.3 is 0 Å². The number of ether oxygens (including phenoxy) is 1. The molecule has 0 bridgehead atoms. The number of nitrogens with zero attached hydrogens (tertiary/aromatic N) is 1. The van der Waals surface area contributed by atoms with E-state index in [0.717, 1.165) is 22.6 Å². The van der Waals surface area contributed by atoms with E-state index in [1.807, 2.05) is 72.8 Å². The van der Waals surface area contributed by atoms with E-state index >= 15 is 0 Å². The number of hydrogen-bond acceptors (Lipinski definition) is 3. The van der Waals surface area contributed by atoms with Gasteiger partial charge in [-0.3, -0.25) is 5.43 Å². The maximum absolute atomic E-state index is 6.12. The van der Waals surface area contributed by atoms with E-state index < -0.39 is 0 Å². The van der Waals surface area contributed by atoms with E-state index in [9.17, 15) is 0 Å². The van der Waals surface area contributed by atoms with Crippen LogP contribution in [0, 0.1) is 0 Å². The molecule has 0 unspecified atom stereocenters. The van der Waals surface area contributed by atoms with E-state index in [2.05, 4.69) is 10.5 Å². The Morgan fingerprint density at radius 1 is 0.920 bits per heavy atom. The average molecular weight is 371 g/mol. The van der Waals surface area contributed by atoms with Gasteiger partial charge < -0.3 is 4.74 Å². The topological polar surface area (TPSA) is 33.6 Å². The fraction of sp³-hybridized carbons (Fsp3) is 0.0500. The molecule has 126 valence electrons. The molecular weight excluding hydrogens is 355 g/mol. The standard InChI is InChI=1S/C20H16Cl2N2O/c21-17-5-3-6-18(12-17)24-23-13-15-8-10-19(11-9-15)25-14-16-4-1-2-7-20(16)22/h1-13,24H,14H2. The molecule has 0 aromatic heterocycles. The third kappa shape index (κ3) is 5.24. The highest BCUT2D eigenvalue weighted by atomic mass is 35.5. The van der Waals surface area contributed by atoms with Crippen LogP contribution in [0.3, 0.4) is 0 Å². The van der Waals surface area contributed by atoms with Gasteiger partial charge in [-0.05, 0) is 54.1 Å². The minimum Gasteiger partial charge on any atom is -0.489 e. The second-order valence-corrected chi connectivity index (χ2v) is 6.17. The minimum absolute atomic E-state index is 0.434. The van der Waals surface area contributed by atoms with Crippen LogP contribution in [-0.2, 0) is 6.61 Å². The second-order valence-electron chi connectivity index (χ2n) is 5.33. The van der Waals surface area contributed by atoms with Crippen molar-refractivity contribution >= 4 is 35.1 Å². The van der Waals surface area contributed by atoms with Gasteiger partial charge in [0.1, 0.15) is 12.4 Å². The van der Waals surface area contributed by atoms with Crippen LogP contribution in [0.25, 0.3) is 0 Å². The first kappa shape index (κ1) is 17.3. The molecule has 0 atom stereocenters. The normalized spacial score (nSPS) is 10.8. The van der Waals surface area contributed by atoms with Gasteiger partial charge in [-0.2, -0.15) is 5.10 Å². The maximum Gasteiger partial charge on any atom is 0.119 e. The molecule has 0 aliphatic carbocycles. The summed E-state index contributed by atoms with van der Waals surface area (Å²) in [5.41, 5.74) is 5.69. The zero-order valence-electron chi connectivity index (χ0n) is 13.3. The predicted octanol–water partition coefficient (Wildman–Crippen LogP) is 6.02. The first-order chi connectivity index (χ1) is 12.2. The van der Waals surface area contributed by atoms with Crippen LogP contribution in [-0.4, -0.2) is 6.21 Å². The molecule has 3 aromatic carbocycles. The van der Waals surface area contributed by atoms with Crippen molar-refractivity contribution in [3.63, 3.8) is 0 Å². The van der Waals surface area contributed by atoms with Gasteiger partial charge in [0.05, 0.1) is 11.9 Å². The van der Waals surface area contributed by atoms with Crippen molar-refractivity contribution in [3.05, 3.63) is 94.0 Å². The zero-order valence-corrected chi connectivity index (χ0v) is 14.8. The summed E-state index contributed by atoms with van der Waals surface area (Å²) in [6.45, 7) is 0.434. The Kier molecular flexibility index (Phi) is 5.94. The Morgan fingerprint density at radius 2 is 1.72 bits per heavy atom. The number of rotatable bonds is 6. The summed E-state index contributed by atoms with van der Waals surface area (Å²) in [5.74, 6) is 0.778. The summed E-state index contributed by atoms with van der Waals surface area (Å²) in [7, 11) is 0. The van der Waals surface area contributed by atoms with Crippen LogP contribution in [0.2, 0.25) is 10.0 Å². The Balaban J connectivity index is 1.55. The average Bonchev–Trinajstić information content (AvgIpc) is 2.62. The molecular formula is C20H16Cl2N2O. The highest BCUT2D eigenvalue weighted by Gasteiger charge is 2.00. The lowest BCUT2D eigenvalue weighted by molar-refractivity contribution is 0.306. The van der Waals surface area contributed by atoms with Gasteiger partial charge in [-0.15, -0.1) is 0 Å². The Morgan fingerprint density at radius 3 is 2.48 bits per heavy atom. The Bertz CT molecular complexity index is 864. The summed E-state index contributed by atoms with van der Waals surface area (Å²) >= 11 is 12.0. The molecule has 0 amide bonds. The van der Waals surface area contributed by atoms with Crippen LogP contribution in [0.5, 0.6) is 5.75 Å². The van der Waals surface area contributed by atoms with Gasteiger partial charge in [0.15, 0.2) is 0 Å². The number of halogens is 2. The van der Waals surface area contributed by atoms with Crippen LogP contribution >= 0.6 is 23.2 Å². The maximum atomic E-state index is 6.12. The van der Waals surface area contributed by atoms with Crippen molar-refractivity contribution in [1.82, 2.24) is 0 Å². The monoisotopic (exact) mass is 370 g/mol. The molecule has 0 heterocycles. The Hall–Kier alpha value is -2.49. The molecule has 0 spiro atoms. The van der Waals surface area contributed by atoms with Gasteiger partial charge in [0.2, 0.25) is 0 Å². The molecule has 0 saturated carbocycles. The predicted molar refractivity (Wildman–Crippen MR) is 105 cm³/mol. The van der Waals surface area contributed by atoms with Crippen molar-refractivity contribution < 1.29 is 4.74 Å².